The van der Waals surface area contributed by atoms with Crippen molar-refractivity contribution in [3.8, 4) is 11.3 Å². The third-order valence-electron chi connectivity index (χ3n) is 4.39. The van der Waals surface area contributed by atoms with E-state index >= 15 is 0 Å². The SMILES string of the molecule is CC(=O)N1CCc2cc(-c3csc4nc(C)c(C(=O)O)n34)ccc21. The summed E-state index contributed by atoms with van der Waals surface area (Å²) in [5.74, 6) is -0.943. The molecule has 2 aromatic heterocycles. The van der Waals surface area contributed by atoms with E-state index in [4.69, 9.17) is 0 Å². The van der Waals surface area contributed by atoms with E-state index in [1.807, 2.05) is 23.6 Å². The van der Waals surface area contributed by atoms with E-state index < -0.39 is 5.97 Å². The molecule has 0 saturated carbocycles. The van der Waals surface area contributed by atoms with E-state index in [1.54, 1.807) is 23.1 Å². The second-order valence-corrected chi connectivity index (χ2v) is 6.69. The van der Waals surface area contributed by atoms with Crippen molar-refractivity contribution < 1.29 is 14.7 Å². The van der Waals surface area contributed by atoms with Crippen LogP contribution in [0.25, 0.3) is 16.2 Å². The Morgan fingerprint density at radius 3 is 2.83 bits per heavy atom. The fraction of sp³-hybridized carbons (Fsp3) is 0.235. The van der Waals surface area contributed by atoms with Gasteiger partial charge >= 0.3 is 5.97 Å². The van der Waals surface area contributed by atoms with Crippen LogP contribution in [0.5, 0.6) is 0 Å². The largest absolute Gasteiger partial charge is 0.477 e. The Morgan fingerprint density at radius 1 is 1.33 bits per heavy atom. The van der Waals surface area contributed by atoms with Gasteiger partial charge in [0.25, 0.3) is 0 Å². The van der Waals surface area contributed by atoms with Crippen molar-refractivity contribution >= 4 is 33.9 Å². The standard InChI is InChI=1S/C17H15N3O3S/c1-9-15(16(22)23)20-14(8-24-17(20)18-9)11-3-4-13-12(7-11)5-6-19(13)10(2)21/h3-4,7-8H,5-6H2,1-2H3,(H,22,23). The van der Waals surface area contributed by atoms with E-state index in [0.29, 0.717) is 17.2 Å². The number of carbonyl (C=O) groups excluding carboxylic acids is 1. The summed E-state index contributed by atoms with van der Waals surface area (Å²) in [4.78, 5) is 30.0. The van der Waals surface area contributed by atoms with Gasteiger partial charge in [0.2, 0.25) is 5.91 Å². The number of aromatic nitrogens is 2. The summed E-state index contributed by atoms with van der Waals surface area (Å²) in [7, 11) is 0. The monoisotopic (exact) mass is 341 g/mol. The number of carboxylic acid groups (broad SMARTS) is 1. The average Bonchev–Trinajstić information content (AvgIpc) is 3.18. The van der Waals surface area contributed by atoms with Crippen LogP contribution in [0.1, 0.15) is 28.7 Å². The van der Waals surface area contributed by atoms with Crippen molar-refractivity contribution in [1.82, 2.24) is 9.38 Å². The number of hydrogen-bond donors (Lipinski definition) is 1. The molecule has 0 atom stereocenters. The number of fused-ring (bicyclic) bond motifs is 2. The number of carbonyl (C=O) groups is 2. The Morgan fingerprint density at radius 2 is 2.12 bits per heavy atom. The molecule has 1 aliphatic rings. The van der Waals surface area contributed by atoms with Gasteiger partial charge in [0.15, 0.2) is 10.7 Å². The summed E-state index contributed by atoms with van der Waals surface area (Å²) < 4.78 is 1.70. The van der Waals surface area contributed by atoms with Gasteiger partial charge in [0.1, 0.15) is 0 Å². The number of nitrogens with zero attached hydrogens (tertiary/aromatic N) is 3. The number of benzene rings is 1. The van der Waals surface area contributed by atoms with E-state index in [-0.39, 0.29) is 11.6 Å². The van der Waals surface area contributed by atoms with Crippen molar-refractivity contribution in [2.45, 2.75) is 20.3 Å². The predicted molar refractivity (Wildman–Crippen MR) is 91.9 cm³/mol. The van der Waals surface area contributed by atoms with Crippen LogP contribution in [0.4, 0.5) is 5.69 Å². The molecule has 6 nitrogen and oxygen atoms in total. The van der Waals surface area contributed by atoms with Gasteiger partial charge in [-0.2, -0.15) is 0 Å². The van der Waals surface area contributed by atoms with Gasteiger partial charge in [-0.05, 0) is 36.6 Å². The molecule has 0 radical (unpaired) electrons. The Hall–Kier alpha value is -2.67. The van der Waals surface area contributed by atoms with E-state index in [0.717, 1.165) is 28.9 Å². The maximum Gasteiger partial charge on any atom is 0.354 e. The number of aryl methyl sites for hydroxylation is 1. The van der Waals surface area contributed by atoms with Gasteiger partial charge in [-0.25, -0.2) is 9.78 Å². The molecule has 1 aliphatic heterocycles. The highest BCUT2D eigenvalue weighted by Gasteiger charge is 2.24. The molecule has 0 aliphatic carbocycles. The van der Waals surface area contributed by atoms with Crippen LogP contribution in [0.15, 0.2) is 23.6 Å². The number of imidazole rings is 1. The molecule has 24 heavy (non-hydrogen) atoms. The minimum absolute atomic E-state index is 0.0396. The topological polar surface area (TPSA) is 74.9 Å². The van der Waals surface area contributed by atoms with Gasteiger partial charge in [0, 0.05) is 24.5 Å². The molecule has 0 spiro atoms. The summed E-state index contributed by atoms with van der Waals surface area (Å²) in [6.07, 6.45) is 0.810. The molecule has 1 N–H and O–H groups in total. The van der Waals surface area contributed by atoms with Gasteiger partial charge < -0.3 is 10.0 Å². The summed E-state index contributed by atoms with van der Waals surface area (Å²) in [5, 5.41) is 11.4. The van der Waals surface area contributed by atoms with Crippen LogP contribution >= 0.6 is 11.3 Å². The number of carboxylic acids is 1. The fourth-order valence-corrected chi connectivity index (χ4v) is 4.25. The second-order valence-electron chi connectivity index (χ2n) is 5.85. The second kappa shape index (κ2) is 5.17. The minimum atomic E-state index is -0.983. The molecule has 122 valence electrons. The molecule has 4 rings (SSSR count). The highest BCUT2D eigenvalue weighted by atomic mass is 32.1. The molecule has 0 unspecified atom stereocenters. The highest BCUT2D eigenvalue weighted by Crippen LogP contribution is 2.34. The Labute approximate surface area is 142 Å². The smallest absolute Gasteiger partial charge is 0.354 e. The molecule has 0 saturated heterocycles. The summed E-state index contributed by atoms with van der Waals surface area (Å²) in [6, 6.07) is 5.91. The normalized spacial score (nSPS) is 13.5. The Balaban J connectivity index is 1.88. The molecule has 1 aromatic carbocycles. The third kappa shape index (κ3) is 2.05. The van der Waals surface area contributed by atoms with Crippen molar-refractivity contribution in [1.29, 1.82) is 0 Å². The van der Waals surface area contributed by atoms with Crippen molar-refractivity contribution in [3.05, 3.63) is 40.5 Å². The lowest BCUT2D eigenvalue weighted by Crippen LogP contribution is -2.25. The zero-order chi connectivity index (χ0) is 17.0. The first-order chi connectivity index (χ1) is 11.5. The summed E-state index contributed by atoms with van der Waals surface area (Å²) >= 11 is 1.42. The number of hydrogen-bond acceptors (Lipinski definition) is 4. The molecule has 7 heteroatoms. The quantitative estimate of drug-likeness (QED) is 0.777. The zero-order valence-electron chi connectivity index (χ0n) is 13.2. The third-order valence-corrected chi connectivity index (χ3v) is 5.22. The van der Waals surface area contributed by atoms with Crippen molar-refractivity contribution in [3.63, 3.8) is 0 Å². The molecule has 3 aromatic rings. The van der Waals surface area contributed by atoms with Gasteiger partial charge in [0.05, 0.1) is 11.4 Å². The lowest BCUT2D eigenvalue weighted by atomic mass is 10.1. The van der Waals surface area contributed by atoms with Crippen LogP contribution in [0.2, 0.25) is 0 Å². The van der Waals surface area contributed by atoms with Crippen LogP contribution in [0.3, 0.4) is 0 Å². The van der Waals surface area contributed by atoms with Gasteiger partial charge in [-0.15, -0.1) is 11.3 Å². The maximum absolute atomic E-state index is 11.7. The first kappa shape index (κ1) is 14.9. The molecule has 1 amide bonds. The average molecular weight is 341 g/mol. The predicted octanol–water partition coefficient (Wildman–Crippen LogP) is 2.98. The van der Waals surface area contributed by atoms with Crippen molar-refractivity contribution in [2.75, 3.05) is 11.4 Å². The first-order valence-electron chi connectivity index (χ1n) is 7.58. The molecular formula is C17H15N3O3S. The number of amides is 1. The molecule has 3 heterocycles. The maximum atomic E-state index is 11.7. The highest BCUT2D eigenvalue weighted by molar-refractivity contribution is 7.15. The van der Waals surface area contributed by atoms with E-state index in [2.05, 4.69) is 4.98 Å². The number of rotatable bonds is 2. The number of anilines is 1. The number of thiazole rings is 1. The van der Waals surface area contributed by atoms with Crippen molar-refractivity contribution in [2.24, 2.45) is 0 Å². The minimum Gasteiger partial charge on any atom is -0.477 e. The van der Waals surface area contributed by atoms with Crippen LogP contribution in [-0.2, 0) is 11.2 Å². The fourth-order valence-electron chi connectivity index (χ4n) is 3.30. The Bertz CT molecular complexity index is 1000. The summed E-state index contributed by atoms with van der Waals surface area (Å²) in [6.45, 7) is 3.97. The zero-order valence-corrected chi connectivity index (χ0v) is 14.1. The van der Waals surface area contributed by atoms with Crippen LogP contribution < -0.4 is 4.90 Å². The lowest BCUT2D eigenvalue weighted by molar-refractivity contribution is -0.116. The summed E-state index contributed by atoms with van der Waals surface area (Å²) in [5.41, 5.74) is 4.52. The van der Waals surface area contributed by atoms with Crippen LogP contribution in [-0.4, -0.2) is 32.9 Å². The molecular weight excluding hydrogens is 326 g/mol. The molecule has 0 bridgehead atoms. The van der Waals surface area contributed by atoms with Crippen LogP contribution in [0, 0.1) is 6.92 Å². The number of aromatic carboxylic acids is 1. The first-order valence-corrected chi connectivity index (χ1v) is 8.46. The van der Waals surface area contributed by atoms with Gasteiger partial charge in [-0.3, -0.25) is 9.20 Å². The Kier molecular flexibility index (Phi) is 3.21. The lowest BCUT2D eigenvalue weighted by Gasteiger charge is -2.14. The van der Waals surface area contributed by atoms with E-state index in [1.165, 1.54) is 11.3 Å². The molecule has 0 fully saturated rings. The van der Waals surface area contributed by atoms with E-state index in [9.17, 15) is 14.7 Å². The van der Waals surface area contributed by atoms with Gasteiger partial charge in [-0.1, -0.05) is 6.07 Å².